The van der Waals surface area contributed by atoms with Crippen LogP contribution in [0.3, 0.4) is 0 Å². The van der Waals surface area contributed by atoms with Gasteiger partial charge in [-0.2, -0.15) is 0 Å². The van der Waals surface area contributed by atoms with E-state index < -0.39 is 0 Å². The summed E-state index contributed by atoms with van der Waals surface area (Å²) < 4.78 is 0. The van der Waals surface area contributed by atoms with Crippen LogP contribution in [0.15, 0.2) is 18.3 Å². The van der Waals surface area contributed by atoms with Gasteiger partial charge in [-0.1, -0.05) is 25.4 Å². The van der Waals surface area contributed by atoms with Crippen LogP contribution in [-0.2, 0) is 0 Å². The Morgan fingerprint density at radius 2 is 2.29 bits per heavy atom. The molecule has 0 saturated heterocycles. The number of aromatic nitrogens is 1. The highest BCUT2D eigenvalue weighted by Gasteiger charge is 2.33. The van der Waals surface area contributed by atoms with Crippen molar-refractivity contribution in [1.29, 1.82) is 0 Å². The summed E-state index contributed by atoms with van der Waals surface area (Å²) in [6.07, 6.45) is 3.82. The standard InChI is InChI=1S/C13H17ClN2O/c1-9(2)8-16(11-3-4-11)13(17)10-5-6-15-12(14)7-10/h5-7,9,11H,3-4,8H2,1-2H3. The second-order valence-electron chi connectivity index (χ2n) is 4.95. The molecular weight excluding hydrogens is 236 g/mol. The smallest absolute Gasteiger partial charge is 0.254 e. The molecule has 17 heavy (non-hydrogen) atoms. The summed E-state index contributed by atoms with van der Waals surface area (Å²) in [6, 6.07) is 3.79. The summed E-state index contributed by atoms with van der Waals surface area (Å²) >= 11 is 5.81. The van der Waals surface area contributed by atoms with E-state index in [1.807, 2.05) is 4.90 Å². The third-order valence-corrected chi connectivity index (χ3v) is 2.99. The summed E-state index contributed by atoms with van der Waals surface area (Å²) in [5.74, 6) is 0.558. The number of carbonyl (C=O) groups is 1. The van der Waals surface area contributed by atoms with Crippen LogP contribution in [0.2, 0.25) is 5.15 Å². The van der Waals surface area contributed by atoms with Gasteiger partial charge >= 0.3 is 0 Å². The molecule has 0 N–H and O–H groups in total. The number of halogens is 1. The number of amides is 1. The quantitative estimate of drug-likeness (QED) is 0.772. The molecule has 0 unspecified atom stereocenters. The fourth-order valence-electron chi connectivity index (χ4n) is 1.88. The predicted octanol–water partition coefficient (Wildman–Crippen LogP) is 3.00. The summed E-state index contributed by atoms with van der Waals surface area (Å²) in [5, 5.41) is 0.371. The Hall–Kier alpha value is -1.09. The van der Waals surface area contributed by atoms with Crippen molar-refractivity contribution in [2.24, 2.45) is 5.92 Å². The summed E-state index contributed by atoms with van der Waals surface area (Å²) in [6.45, 7) is 5.06. The average molecular weight is 253 g/mol. The van der Waals surface area contributed by atoms with Crippen molar-refractivity contribution in [3.8, 4) is 0 Å². The second-order valence-corrected chi connectivity index (χ2v) is 5.34. The molecule has 3 nitrogen and oxygen atoms in total. The molecule has 2 rings (SSSR count). The zero-order valence-electron chi connectivity index (χ0n) is 10.2. The topological polar surface area (TPSA) is 33.2 Å². The van der Waals surface area contributed by atoms with Gasteiger partial charge < -0.3 is 4.90 Å². The Kier molecular flexibility index (Phi) is 3.67. The highest BCUT2D eigenvalue weighted by atomic mass is 35.5. The lowest BCUT2D eigenvalue weighted by molar-refractivity contribution is 0.0722. The fourth-order valence-corrected chi connectivity index (χ4v) is 2.05. The maximum atomic E-state index is 12.4. The van der Waals surface area contributed by atoms with Gasteiger partial charge in [-0.25, -0.2) is 4.98 Å². The van der Waals surface area contributed by atoms with Crippen LogP contribution in [0.5, 0.6) is 0 Å². The molecule has 0 aliphatic heterocycles. The highest BCUT2D eigenvalue weighted by Crippen LogP contribution is 2.29. The third kappa shape index (κ3) is 3.19. The van der Waals surface area contributed by atoms with Crippen molar-refractivity contribution in [1.82, 2.24) is 9.88 Å². The maximum Gasteiger partial charge on any atom is 0.254 e. The number of hydrogen-bond acceptors (Lipinski definition) is 2. The Morgan fingerprint density at radius 3 is 2.82 bits per heavy atom. The van der Waals surface area contributed by atoms with Gasteiger partial charge in [0.1, 0.15) is 5.15 Å². The van der Waals surface area contributed by atoms with E-state index in [0.717, 1.165) is 19.4 Å². The van der Waals surface area contributed by atoms with E-state index in [0.29, 0.717) is 22.7 Å². The Morgan fingerprint density at radius 1 is 1.59 bits per heavy atom. The Labute approximate surface area is 107 Å². The number of pyridine rings is 1. The first-order valence-electron chi connectivity index (χ1n) is 6.00. The van der Waals surface area contributed by atoms with Crippen LogP contribution in [0.4, 0.5) is 0 Å². The van der Waals surface area contributed by atoms with Gasteiger partial charge in [-0.05, 0) is 30.9 Å². The van der Waals surface area contributed by atoms with E-state index >= 15 is 0 Å². The number of rotatable bonds is 4. The van der Waals surface area contributed by atoms with Gasteiger partial charge in [0.05, 0.1) is 0 Å². The molecule has 0 atom stereocenters. The normalized spacial score (nSPS) is 15.1. The van der Waals surface area contributed by atoms with Crippen LogP contribution in [-0.4, -0.2) is 28.4 Å². The molecule has 0 spiro atoms. The molecule has 1 aromatic heterocycles. The Balaban J connectivity index is 2.15. The molecule has 0 radical (unpaired) electrons. The zero-order chi connectivity index (χ0) is 12.4. The van der Waals surface area contributed by atoms with Gasteiger partial charge in [-0.3, -0.25) is 4.79 Å². The monoisotopic (exact) mass is 252 g/mol. The van der Waals surface area contributed by atoms with Crippen molar-refractivity contribution in [3.63, 3.8) is 0 Å². The van der Waals surface area contributed by atoms with Crippen LogP contribution in [0.25, 0.3) is 0 Å². The first-order chi connectivity index (χ1) is 8.08. The predicted molar refractivity (Wildman–Crippen MR) is 68.1 cm³/mol. The van der Waals surface area contributed by atoms with E-state index in [9.17, 15) is 4.79 Å². The highest BCUT2D eigenvalue weighted by molar-refractivity contribution is 6.29. The average Bonchev–Trinajstić information content (AvgIpc) is 3.08. The molecular formula is C13H17ClN2O. The van der Waals surface area contributed by atoms with Crippen molar-refractivity contribution in [2.75, 3.05) is 6.54 Å². The molecule has 0 aromatic carbocycles. The van der Waals surface area contributed by atoms with E-state index in [1.54, 1.807) is 18.3 Å². The lowest BCUT2D eigenvalue weighted by Gasteiger charge is -2.24. The van der Waals surface area contributed by atoms with Crippen molar-refractivity contribution < 1.29 is 4.79 Å². The third-order valence-electron chi connectivity index (χ3n) is 2.78. The minimum absolute atomic E-state index is 0.0745. The van der Waals surface area contributed by atoms with Gasteiger partial charge in [0.15, 0.2) is 0 Å². The number of hydrogen-bond donors (Lipinski definition) is 0. The van der Waals surface area contributed by atoms with Crippen LogP contribution in [0, 0.1) is 5.92 Å². The fraction of sp³-hybridized carbons (Fsp3) is 0.538. The molecule has 1 fully saturated rings. The van der Waals surface area contributed by atoms with Gasteiger partial charge in [0, 0.05) is 24.3 Å². The Bertz CT molecular complexity index is 416. The minimum atomic E-state index is 0.0745. The first kappa shape index (κ1) is 12.4. The van der Waals surface area contributed by atoms with Crippen LogP contribution in [0.1, 0.15) is 37.0 Å². The maximum absolute atomic E-state index is 12.4. The molecule has 4 heteroatoms. The van der Waals surface area contributed by atoms with E-state index in [2.05, 4.69) is 18.8 Å². The second kappa shape index (κ2) is 5.05. The number of nitrogens with zero attached hydrogens (tertiary/aromatic N) is 2. The molecule has 1 saturated carbocycles. The molecule has 92 valence electrons. The first-order valence-corrected chi connectivity index (χ1v) is 6.38. The molecule has 1 aliphatic carbocycles. The van der Waals surface area contributed by atoms with Gasteiger partial charge in [-0.15, -0.1) is 0 Å². The van der Waals surface area contributed by atoms with E-state index in [1.165, 1.54) is 0 Å². The summed E-state index contributed by atoms with van der Waals surface area (Å²) in [4.78, 5) is 18.2. The van der Waals surface area contributed by atoms with Gasteiger partial charge in [0.2, 0.25) is 0 Å². The molecule has 1 amide bonds. The van der Waals surface area contributed by atoms with E-state index in [-0.39, 0.29) is 5.91 Å². The van der Waals surface area contributed by atoms with Crippen molar-refractivity contribution >= 4 is 17.5 Å². The largest absolute Gasteiger partial charge is 0.335 e. The van der Waals surface area contributed by atoms with Crippen molar-refractivity contribution in [2.45, 2.75) is 32.7 Å². The lowest BCUT2D eigenvalue weighted by atomic mass is 10.1. The van der Waals surface area contributed by atoms with Gasteiger partial charge in [0.25, 0.3) is 5.91 Å². The van der Waals surface area contributed by atoms with Crippen molar-refractivity contribution in [3.05, 3.63) is 29.0 Å². The zero-order valence-corrected chi connectivity index (χ0v) is 10.9. The summed E-state index contributed by atoms with van der Waals surface area (Å²) in [7, 11) is 0. The SMILES string of the molecule is CC(C)CN(C(=O)c1ccnc(Cl)c1)C1CC1. The van der Waals surface area contributed by atoms with Crippen LogP contribution < -0.4 is 0 Å². The molecule has 0 bridgehead atoms. The minimum Gasteiger partial charge on any atom is -0.335 e. The molecule has 1 aliphatic rings. The molecule has 1 aromatic rings. The van der Waals surface area contributed by atoms with Crippen LogP contribution >= 0.6 is 11.6 Å². The molecule has 1 heterocycles. The lowest BCUT2D eigenvalue weighted by Crippen LogP contribution is -2.36. The van der Waals surface area contributed by atoms with E-state index in [4.69, 9.17) is 11.6 Å². The summed E-state index contributed by atoms with van der Waals surface area (Å²) in [5.41, 5.74) is 0.637. The number of carbonyl (C=O) groups excluding carboxylic acids is 1.